The first-order valence-corrected chi connectivity index (χ1v) is 5.41. The number of aromatic amines is 1. The fraction of sp³-hybridized carbons (Fsp3) is 0.545. The number of carbonyl (C=O) groups is 1. The Labute approximate surface area is 95.4 Å². The zero-order valence-electron chi connectivity index (χ0n) is 9.75. The maximum Gasteiger partial charge on any atom is 0.268 e. The highest BCUT2D eigenvalue weighted by atomic mass is 16.5. The third-order valence-electron chi connectivity index (χ3n) is 2.29. The second-order valence-corrected chi connectivity index (χ2v) is 3.76. The molecule has 1 rings (SSSR count). The second kappa shape index (κ2) is 6.17. The van der Waals surface area contributed by atoms with Gasteiger partial charge in [0.05, 0.1) is 12.6 Å². The Hall–Kier alpha value is -1.49. The molecule has 1 unspecified atom stereocenters. The van der Waals surface area contributed by atoms with E-state index < -0.39 is 0 Å². The molecule has 0 aromatic carbocycles. The van der Waals surface area contributed by atoms with Crippen LogP contribution in [-0.4, -0.2) is 30.6 Å². The smallest absolute Gasteiger partial charge is 0.268 e. The van der Waals surface area contributed by atoms with Crippen LogP contribution in [-0.2, 0) is 4.74 Å². The highest BCUT2D eigenvalue weighted by Crippen LogP contribution is 2.05. The van der Waals surface area contributed by atoms with Gasteiger partial charge >= 0.3 is 0 Å². The summed E-state index contributed by atoms with van der Waals surface area (Å²) in [4.78, 5) is 14.6. The molecule has 1 aromatic heterocycles. The number of nitrogens with one attached hydrogen (secondary N) is 2. The summed E-state index contributed by atoms with van der Waals surface area (Å²) in [5.74, 6) is -0.146. The van der Waals surface area contributed by atoms with E-state index in [-0.39, 0.29) is 11.9 Å². The van der Waals surface area contributed by atoms with Crippen molar-refractivity contribution in [2.24, 2.45) is 0 Å². The number of rotatable bonds is 6. The third kappa shape index (κ3) is 3.58. The normalized spacial score (nSPS) is 12.4. The molecule has 1 aromatic rings. The van der Waals surface area contributed by atoms with Crippen LogP contribution >= 0.6 is 0 Å². The molecule has 0 aliphatic carbocycles. The Balaban J connectivity index is 2.54. The van der Waals surface area contributed by atoms with E-state index in [0.717, 1.165) is 12.8 Å². The Morgan fingerprint density at radius 3 is 2.94 bits per heavy atom. The van der Waals surface area contributed by atoms with E-state index in [2.05, 4.69) is 17.2 Å². The zero-order valence-corrected chi connectivity index (χ0v) is 9.75. The molecule has 4 N–H and O–H groups in total. The molecule has 0 spiro atoms. The minimum absolute atomic E-state index is 0.0482. The average molecular weight is 225 g/mol. The molecule has 0 aliphatic heterocycles. The van der Waals surface area contributed by atoms with Gasteiger partial charge in [0, 0.05) is 19.0 Å². The van der Waals surface area contributed by atoms with Crippen LogP contribution in [0.3, 0.4) is 0 Å². The van der Waals surface area contributed by atoms with Crippen LogP contribution < -0.4 is 11.1 Å². The van der Waals surface area contributed by atoms with Gasteiger partial charge in [-0.05, 0) is 12.5 Å². The van der Waals surface area contributed by atoms with Crippen molar-refractivity contribution < 1.29 is 9.53 Å². The topological polar surface area (TPSA) is 80.1 Å². The summed E-state index contributed by atoms with van der Waals surface area (Å²) in [6, 6.07) is 1.66. The summed E-state index contributed by atoms with van der Waals surface area (Å²) in [7, 11) is 1.63. The number of hydrogen-bond donors (Lipinski definition) is 3. The molecule has 0 saturated heterocycles. The first-order chi connectivity index (χ1) is 7.67. The third-order valence-corrected chi connectivity index (χ3v) is 2.29. The van der Waals surface area contributed by atoms with Crippen LogP contribution in [0, 0.1) is 0 Å². The second-order valence-electron chi connectivity index (χ2n) is 3.76. The minimum atomic E-state index is -0.146. The molecule has 1 atom stereocenters. The van der Waals surface area contributed by atoms with Gasteiger partial charge < -0.3 is 20.8 Å². The lowest BCUT2D eigenvalue weighted by Gasteiger charge is -2.16. The largest absolute Gasteiger partial charge is 0.397 e. The predicted molar refractivity (Wildman–Crippen MR) is 63.2 cm³/mol. The van der Waals surface area contributed by atoms with Crippen LogP contribution in [0.2, 0.25) is 0 Å². The molecule has 0 radical (unpaired) electrons. The van der Waals surface area contributed by atoms with Crippen LogP contribution in [0.5, 0.6) is 0 Å². The highest BCUT2D eigenvalue weighted by molar-refractivity contribution is 5.93. The molecule has 5 heteroatoms. The molecule has 0 saturated carbocycles. The maximum atomic E-state index is 11.8. The summed E-state index contributed by atoms with van der Waals surface area (Å²) in [6.45, 7) is 2.59. The van der Waals surface area contributed by atoms with Gasteiger partial charge in [0.15, 0.2) is 0 Å². The van der Waals surface area contributed by atoms with Crippen LogP contribution in [0.25, 0.3) is 0 Å². The number of nitrogens with two attached hydrogens (primary N) is 1. The Morgan fingerprint density at radius 1 is 1.69 bits per heavy atom. The number of H-pyrrole nitrogens is 1. The molecule has 1 heterocycles. The van der Waals surface area contributed by atoms with E-state index in [1.165, 1.54) is 0 Å². The molecule has 5 nitrogen and oxygen atoms in total. The monoisotopic (exact) mass is 225 g/mol. The molecule has 16 heavy (non-hydrogen) atoms. The fourth-order valence-electron chi connectivity index (χ4n) is 1.55. The van der Waals surface area contributed by atoms with Crippen molar-refractivity contribution >= 4 is 11.6 Å². The van der Waals surface area contributed by atoms with E-state index >= 15 is 0 Å². The number of nitrogen functional groups attached to an aromatic ring is 1. The van der Waals surface area contributed by atoms with E-state index in [9.17, 15) is 4.79 Å². The zero-order chi connectivity index (χ0) is 12.0. The van der Waals surface area contributed by atoms with Gasteiger partial charge in [-0.1, -0.05) is 13.3 Å². The SMILES string of the molecule is CCCC(COC)NC(=O)c1cc(N)c[nH]1. The number of carbonyl (C=O) groups excluding carboxylic acids is 1. The summed E-state index contributed by atoms with van der Waals surface area (Å²) in [6.07, 6.45) is 3.50. The van der Waals surface area contributed by atoms with Crippen LogP contribution in [0.4, 0.5) is 5.69 Å². The lowest BCUT2D eigenvalue weighted by Crippen LogP contribution is -2.38. The minimum Gasteiger partial charge on any atom is -0.397 e. The summed E-state index contributed by atoms with van der Waals surface area (Å²) in [5, 5.41) is 2.90. The molecule has 0 aliphatic rings. The lowest BCUT2D eigenvalue weighted by atomic mass is 10.2. The summed E-state index contributed by atoms with van der Waals surface area (Å²) in [5.41, 5.74) is 6.57. The standard InChI is InChI=1S/C11H19N3O2/c1-3-4-9(7-16-2)14-11(15)10-5-8(12)6-13-10/h5-6,9,13H,3-4,7,12H2,1-2H3,(H,14,15). The number of hydrogen-bond acceptors (Lipinski definition) is 3. The molecule has 90 valence electrons. The fourth-order valence-corrected chi connectivity index (χ4v) is 1.55. The molecule has 0 fully saturated rings. The molecule has 0 bridgehead atoms. The summed E-state index contributed by atoms with van der Waals surface area (Å²) < 4.78 is 5.05. The van der Waals surface area contributed by atoms with Crippen molar-refractivity contribution in [3.63, 3.8) is 0 Å². The van der Waals surface area contributed by atoms with Gasteiger partial charge in [0.25, 0.3) is 5.91 Å². The Bertz CT molecular complexity index is 330. The Morgan fingerprint density at radius 2 is 2.44 bits per heavy atom. The molecular formula is C11H19N3O2. The maximum absolute atomic E-state index is 11.8. The van der Waals surface area contributed by atoms with Gasteiger partial charge in [0.2, 0.25) is 0 Å². The highest BCUT2D eigenvalue weighted by Gasteiger charge is 2.13. The van der Waals surface area contributed by atoms with Gasteiger partial charge in [-0.3, -0.25) is 4.79 Å². The molecular weight excluding hydrogens is 206 g/mol. The van der Waals surface area contributed by atoms with Gasteiger partial charge in [-0.25, -0.2) is 0 Å². The van der Waals surface area contributed by atoms with E-state index in [1.54, 1.807) is 19.4 Å². The van der Waals surface area contributed by atoms with Crippen molar-refractivity contribution in [3.05, 3.63) is 18.0 Å². The average Bonchev–Trinajstić information content (AvgIpc) is 2.65. The Kier molecular flexibility index (Phi) is 4.85. The first-order valence-electron chi connectivity index (χ1n) is 5.41. The van der Waals surface area contributed by atoms with E-state index in [1.807, 2.05) is 0 Å². The number of aromatic nitrogens is 1. The van der Waals surface area contributed by atoms with Crippen molar-refractivity contribution in [2.75, 3.05) is 19.5 Å². The van der Waals surface area contributed by atoms with Crippen molar-refractivity contribution in [3.8, 4) is 0 Å². The van der Waals surface area contributed by atoms with Crippen molar-refractivity contribution in [1.82, 2.24) is 10.3 Å². The van der Waals surface area contributed by atoms with Gasteiger partial charge in [0.1, 0.15) is 5.69 Å². The van der Waals surface area contributed by atoms with Crippen LogP contribution in [0.15, 0.2) is 12.3 Å². The van der Waals surface area contributed by atoms with E-state index in [0.29, 0.717) is 18.0 Å². The quantitative estimate of drug-likeness (QED) is 0.679. The number of ether oxygens (including phenoxy) is 1. The first kappa shape index (κ1) is 12.6. The molecule has 1 amide bonds. The summed E-state index contributed by atoms with van der Waals surface area (Å²) >= 11 is 0. The number of amides is 1. The lowest BCUT2D eigenvalue weighted by molar-refractivity contribution is 0.0887. The van der Waals surface area contributed by atoms with Crippen LogP contribution in [0.1, 0.15) is 30.3 Å². The van der Waals surface area contributed by atoms with E-state index in [4.69, 9.17) is 10.5 Å². The number of anilines is 1. The van der Waals surface area contributed by atoms with Crippen molar-refractivity contribution in [2.45, 2.75) is 25.8 Å². The predicted octanol–water partition coefficient (Wildman–Crippen LogP) is 1.14. The van der Waals surface area contributed by atoms with Gasteiger partial charge in [-0.15, -0.1) is 0 Å². The van der Waals surface area contributed by atoms with Crippen molar-refractivity contribution in [1.29, 1.82) is 0 Å². The number of methoxy groups -OCH3 is 1. The van der Waals surface area contributed by atoms with Gasteiger partial charge in [-0.2, -0.15) is 0 Å².